The molecule has 0 spiro atoms. The number of methoxy groups -OCH3 is 1. The summed E-state index contributed by atoms with van der Waals surface area (Å²) in [5.74, 6) is 0.877. The summed E-state index contributed by atoms with van der Waals surface area (Å²) < 4.78 is 32.5. The number of halogens is 1. The van der Waals surface area contributed by atoms with Crippen LogP contribution in [-0.4, -0.2) is 45.3 Å². The Labute approximate surface area is 176 Å². The van der Waals surface area contributed by atoms with Gasteiger partial charge in [0, 0.05) is 24.3 Å². The first-order valence-corrected chi connectivity index (χ1v) is 11.3. The molecule has 1 aliphatic heterocycles. The fraction of sp³-hybridized carbons (Fsp3) is 0.381. The lowest BCUT2D eigenvalue weighted by Gasteiger charge is -2.29. The lowest BCUT2D eigenvalue weighted by molar-refractivity contribution is 0.101. The number of hydrogen-bond donors (Lipinski definition) is 1. The second-order valence-corrected chi connectivity index (χ2v) is 9.59. The van der Waals surface area contributed by atoms with E-state index in [0.717, 1.165) is 12.8 Å². The highest BCUT2D eigenvalue weighted by Gasteiger charge is 2.28. The molecule has 0 atom stereocenters. The van der Waals surface area contributed by atoms with E-state index in [2.05, 4.69) is 12.2 Å². The van der Waals surface area contributed by atoms with Crippen LogP contribution in [0.15, 0.2) is 47.4 Å². The van der Waals surface area contributed by atoms with E-state index in [1.165, 1.54) is 17.5 Å². The number of hydrogen-bond acceptors (Lipinski definition) is 5. The van der Waals surface area contributed by atoms with Crippen LogP contribution in [0.2, 0.25) is 5.02 Å². The van der Waals surface area contributed by atoms with Gasteiger partial charge in [0.25, 0.3) is 0 Å². The van der Waals surface area contributed by atoms with Gasteiger partial charge in [0.15, 0.2) is 5.78 Å². The molecule has 1 heterocycles. The van der Waals surface area contributed by atoms with E-state index < -0.39 is 10.0 Å². The van der Waals surface area contributed by atoms with Gasteiger partial charge < -0.3 is 10.1 Å². The predicted octanol–water partition coefficient (Wildman–Crippen LogP) is 4.06. The first-order valence-electron chi connectivity index (χ1n) is 9.52. The van der Waals surface area contributed by atoms with Crippen molar-refractivity contribution in [3.63, 3.8) is 0 Å². The minimum absolute atomic E-state index is 0.0212. The SMILES string of the molecule is COc1ccc(NCC(=O)c2cccc(S(=O)(=O)N3CCC(C)CC3)c2)cc1Cl. The Bertz CT molecular complexity index is 986. The van der Waals surface area contributed by atoms with Crippen molar-refractivity contribution in [2.45, 2.75) is 24.7 Å². The number of nitrogens with zero attached hydrogens (tertiary/aromatic N) is 1. The summed E-state index contributed by atoms with van der Waals surface area (Å²) in [7, 11) is -2.06. The van der Waals surface area contributed by atoms with Crippen molar-refractivity contribution < 1.29 is 17.9 Å². The van der Waals surface area contributed by atoms with Gasteiger partial charge in [-0.3, -0.25) is 4.79 Å². The predicted molar refractivity (Wildman–Crippen MR) is 114 cm³/mol. The number of rotatable bonds is 7. The molecule has 156 valence electrons. The van der Waals surface area contributed by atoms with Gasteiger partial charge in [-0.15, -0.1) is 0 Å². The Morgan fingerprint density at radius 1 is 1.21 bits per heavy atom. The summed E-state index contributed by atoms with van der Waals surface area (Å²) in [6.07, 6.45) is 1.71. The van der Waals surface area contributed by atoms with Crippen LogP contribution >= 0.6 is 11.6 Å². The highest BCUT2D eigenvalue weighted by molar-refractivity contribution is 7.89. The Balaban J connectivity index is 1.70. The summed E-state index contributed by atoms with van der Waals surface area (Å²) >= 11 is 6.09. The lowest BCUT2D eigenvalue weighted by atomic mass is 10.0. The Morgan fingerprint density at radius 2 is 1.93 bits per heavy atom. The molecule has 1 saturated heterocycles. The molecule has 8 heteroatoms. The molecule has 0 aliphatic carbocycles. The van der Waals surface area contributed by atoms with Crippen LogP contribution < -0.4 is 10.1 Å². The van der Waals surface area contributed by atoms with Gasteiger partial charge in [0.05, 0.1) is 23.6 Å². The number of ether oxygens (including phenoxy) is 1. The van der Waals surface area contributed by atoms with Gasteiger partial charge in [0.1, 0.15) is 5.75 Å². The third-order valence-electron chi connectivity index (χ3n) is 5.14. The number of carbonyl (C=O) groups is 1. The molecular formula is C21H25ClN2O4S. The minimum Gasteiger partial charge on any atom is -0.495 e. The van der Waals surface area contributed by atoms with Crippen molar-refractivity contribution in [3.8, 4) is 5.75 Å². The highest BCUT2D eigenvalue weighted by Crippen LogP contribution is 2.27. The molecule has 0 saturated carbocycles. The normalized spacial score (nSPS) is 15.8. The number of Topliss-reactive ketones (excluding diaryl/α,β-unsaturated/α-hetero) is 1. The number of carbonyl (C=O) groups excluding carboxylic acids is 1. The smallest absolute Gasteiger partial charge is 0.243 e. The number of sulfonamides is 1. The molecule has 0 bridgehead atoms. The molecule has 3 rings (SSSR count). The molecule has 2 aromatic carbocycles. The first-order chi connectivity index (χ1) is 13.8. The maximum absolute atomic E-state index is 12.9. The van der Waals surface area contributed by atoms with E-state index in [1.54, 1.807) is 36.4 Å². The summed E-state index contributed by atoms with van der Waals surface area (Å²) in [6.45, 7) is 3.18. The number of nitrogens with one attached hydrogen (secondary N) is 1. The van der Waals surface area contributed by atoms with Crippen molar-refractivity contribution in [2.75, 3.05) is 32.1 Å². The second kappa shape index (κ2) is 9.15. The van der Waals surface area contributed by atoms with Crippen LogP contribution in [0.25, 0.3) is 0 Å². The molecule has 0 unspecified atom stereocenters. The van der Waals surface area contributed by atoms with Crippen molar-refractivity contribution in [1.82, 2.24) is 4.31 Å². The minimum atomic E-state index is -3.59. The van der Waals surface area contributed by atoms with E-state index in [4.69, 9.17) is 16.3 Å². The van der Waals surface area contributed by atoms with Crippen LogP contribution in [0.5, 0.6) is 5.75 Å². The summed E-state index contributed by atoms with van der Waals surface area (Å²) in [5.41, 5.74) is 1.03. The lowest BCUT2D eigenvalue weighted by Crippen LogP contribution is -2.37. The maximum Gasteiger partial charge on any atom is 0.243 e. The fourth-order valence-corrected chi connectivity index (χ4v) is 5.04. The van der Waals surface area contributed by atoms with Gasteiger partial charge in [-0.25, -0.2) is 8.42 Å². The van der Waals surface area contributed by atoms with Gasteiger partial charge in [-0.05, 0) is 49.1 Å². The number of ketones is 1. The zero-order valence-corrected chi connectivity index (χ0v) is 18.1. The van der Waals surface area contributed by atoms with Crippen molar-refractivity contribution in [2.24, 2.45) is 5.92 Å². The van der Waals surface area contributed by atoms with Gasteiger partial charge in [-0.1, -0.05) is 30.7 Å². The first kappa shape index (κ1) is 21.6. The van der Waals surface area contributed by atoms with Gasteiger partial charge >= 0.3 is 0 Å². The van der Waals surface area contributed by atoms with E-state index in [-0.39, 0.29) is 17.2 Å². The van der Waals surface area contributed by atoms with E-state index >= 15 is 0 Å². The van der Waals surface area contributed by atoms with Crippen LogP contribution in [0.1, 0.15) is 30.1 Å². The monoisotopic (exact) mass is 436 g/mol. The summed E-state index contributed by atoms with van der Waals surface area (Å²) in [5, 5.41) is 3.45. The average Bonchev–Trinajstić information content (AvgIpc) is 2.72. The largest absolute Gasteiger partial charge is 0.495 e. The quantitative estimate of drug-likeness (QED) is 0.662. The zero-order valence-electron chi connectivity index (χ0n) is 16.5. The van der Waals surface area contributed by atoms with Crippen LogP contribution in [0.3, 0.4) is 0 Å². The number of piperidine rings is 1. The molecule has 1 aliphatic rings. The molecular weight excluding hydrogens is 412 g/mol. The van der Waals surface area contributed by atoms with Crippen LogP contribution in [0, 0.1) is 5.92 Å². The maximum atomic E-state index is 12.9. The van der Waals surface area contributed by atoms with Crippen molar-refractivity contribution in [3.05, 3.63) is 53.1 Å². The zero-order chi connectivity index (χ0) is 21.0. The third kappa shape index (κ3) is 5.10. The Morgan fingerprint density at radius 3 is 2.59 bits per heavy atom. The second-order valence-electron chi connectivity index (χ2n) is 7.24. The molecule has 1 N–H and O–H groups in total. The topological polar surface area (TPSA) is 75.7 Å². The highest BCUT2D eigenvalue weighted by atomic mass is 35.5. The molecule has 1 fully saturated rings. The molecule has 0 aromatic heterocycles. The average molecular weight is 437 g/mol. The van der Waals surface area contributed by atoms with Crippen LogP contribution in [-0.2, 0) is 10.0 Å². The third-order valence-corrected chi connectivity index (χ3v) is 7.33. The standard InChI is InChI=1S/C21H25ClN2O4S/c1-15-8-10-24(11-9-15)29(26,27)18-5-3-4-16(12-18)20(25)14-23-17-6-7-21(28-2)19(22)13-17/h3-7,12-13,15,23H,8-11,14H2,1-2H3. The van der Waals surface area contributed by atoms with Gasteiger partial charge in [0.2, 0.25) is 10.0 Å². The fourth-order valence-electron chi connectivity index (χ4n) is 3.27. The van der Waals surface area contributed by atoms with Crippen molar-refractivity contribution in [1.29, 1.82) is 0 Å². The molecule has 6 nitrogen and oxygen atoms in total. The molecule has 29 heavy (non-hydrogen) atoms. The molecule has 0 amide bonds. The van der Waals surface area contributed by atoms with Crippen molar-refractivity contribution >= 4 is 33.1 Å². The summed E-state index contributed by atoms with van der Waals surface area (Å²) in [4.78, 5) is 12.8. The van der Waals surface area contributed by atoms with E-state index in [9.17, 15) is 13.2 Å². The molecule has 2 aromatic rings. The van der Waals surface area contributed by atoms with Crippen LogP contribution in [0.4, 0.5) is 5.69 Å². The summed E-state index contributed by atoms with van der Waals surface area (Å²) in [6, 6.07) is 11.4. The number of benzene rings is 2. The van der Waals surface area contributed by atoms with E-state index in [1.807, 2.05) is 0 Å². The Kier molecular flexibility index (Phi) is 6.82. The van der Waals surface area contributed by atoms with Gasteiger partial charge in [-0.2, -0.15) is 4.31 Å². The Hall–Kier alpha value is -2.09. The molecule has 0 radical (unpaired) electrons. The number of anilines is 1. The van der Waals surface area contributed by atoms with E-state index in [0.29, 0.717) is 41.0 Å².